The van der Waals surface area contributed by atoms with Crippen LogP contribution in [0.25, 0.3) is 0 Å². The molecule has 0 aliphatic carbocycles. The van der Waals surface area contributed by atoms with Gasteiger partial charge >= 0.3 is 0 Å². The van der Waals surface area contributed by atoms with Crippen molar-refractivity contribution >= 4 is 27.7 Å². The molecule has 2 rings (SSSR count). The molecular formula is C15H14BrN3O2. The molecule has 1 aromatic carbocycles. The van der Waals surface area contributed by atoms with Gasteiger partial charge in [0.05, 0.1) is 5.56 Å². The zero-order chi connectivity index (χ0) is 15.4. The Morgan fingerprint density at radius 1 is 1.29 bits per heavy atom. The predicted octanol–water partition coefficient (Wildman–Crippen LogP) is 2.14. The number of benzene rings is 1. The van der Waals surface area contributed by atoms with Crippen LogP contribution < -0.4 is 5.73 Å². The molecule has 1 atom stereocenters. The van der Waals surface area contributed by atoms with Gasteiger partial charge in [0.15, 0.2) is 0 Å². The summed E-state index contributed by atoms with van der Waals surface area (Å²) in [4.78, 5) is 29.4. The maximum atomic E-state index is 12.4. The molecule has 0 fully saturated rings. The Bertz CT molecular complexity index is 661. The molecule has 0 saturated carbocycles. The number of likely N-dealkylation sites (N-methyl/N-ethyl adjacent to an activating group) is 1. The van der Waals surface area contributed by atoms with Crippen molar-refractivity contribution in [2.24, 2.45) is 5.73 Å². The molecule has 2 aromatic rings. The summed E-state index contributed by atoms with van der Waals surface area (Å²) in [7, 11) is 1.55. The number of carbonyl (C=O) groups is 2. The summed E-state index contributed by atoms with van der Waals surface area (Å²) in [5.74, 6) is -0.903. The van der Waals surface area contributed by atoms with E-state index >= 15 is 0 Å². The molecule has 108 valence electrons. The third-order valence-corrected chi connectivity index (χ3v) is 3.54. The zero-order valence-electron chi connectivity index (χ0n) is 11.4. The first-order valence-corrected chi connectivity index (χ1v) is 7.02. The number of nitrogens with zero attached hydrogens (tertiary/aromatic N) is 2. The van der Waals surface area contributed by atoms with Gasteiger partial charge < -0.3 is 10.6 Å². The minimum Gasteiger partial charge on any atom is -0.368 e. The van der Waals surface area contributed by atoms with Crippen LogP contribution in [0.1, 0.15) is 22.0 Å². The van der Waals surface area contributed by atoms with Crippen LogP contribution in [0.15, 0.2) is 53.3 Å². The fraction of sp³-hybridized carbons (Fsp3) is 0.133. The van der Waals surface area contributed by atoms with E-state index in [0.29, 0.717) is 11.1 Å². The number of halogens is 1. The fourth-order valence-electron chi connectivity index (χ4n) is 2.07. The molecule has 2 amide bonds. The summed E-state index contributed by atoms with van der Waals surface area (Å²) in [5.41, 5.74) is 6.53. The first-order valence-electron chi connectivity index (χ1n) is 6.22. The normalized spacial score (nSPS) is 11.7. The van der Waals surface area contributed by atoms with Crippen molar-refractivity contribution < 1.29 is 9.59 Å². The molecule has 6 heteroatoms. The van der Waals surface area contributed by atoms with E-state index in [1.807, 2.05) is 6.07 Å². The van der Waals surface area contributed by atoms with Crippen LogP contribution in [0.4, 0.5) is 0 Å². The lowest BCUT2D eigenvalue weighted by atomic mass is 10.0. The fourth-order valence-corrected chi connectivity index (χ4v) is 2.48. The number of primary amides is 1. The molecule has 5 nitrogen and oxygen atoms in total. The van der Waals surface area contributed by atoms with E-state index < -0.39 is 11.9 Å². The Morgan fingerprint density at radius 3 is 2.62 bits per heavy atom. The molecule has 0 spiro atoms. The lowest BCUT2D eigenvalue weighted by Gasteiger charge is -2.26. The number of hydrogen-bond acceptors (Lipinski definition) is 3. The Morgan fingerprint density at radius 2 is 2.05 bits per heavy atom. The van der Waals surface area contributed by atoms with Crippen molar-refractivity contribution in [3.05, 3.63) is 64.4 Å². The van der Waals surface area contributed by atoms with Crippen LogP contribution in [-0.4, -0.2) is 28.7 Å². The number of nitrogens with two attached hydrogens (primary N) is 1. The summed E-state index contributed by atoms with van der Waals surface area (Å²) < 4.78 is 0.813. The van der Waals surface area contributed by atoms with Crippen molar-refractivity contribution in [3.8, 4) is 0 Å². The standard InChI is InChI=1S/C15H14BrN3O2/c1-19(15(21)11-5-3-7-18-9-11)13(14(17)20)10-4-2-6-12(16)8-10/h2-9,13H,1H3,(H2,17,20). The Hall–Kier alpha value is -2.21. The van der Waals surface area contributed by atoms with Gasteiger partial charge in [-0.05, 0) is 29.8 Å². The van der Waals surface area contributed by atoms with Gasteiger partial charge in [0.2, 0.25) is 5.91 Å². The number of hydrogen-bond donors (Lipinski definition) is 1. The Balaban J connectivity index is 2.35. The largest absolute Gasteiger partial charge is 0.368 e. The highest BCUT2D eigenvalue weighted by molar-refractivity contribution is 9.10. The second-order valence-electron chi connectivity index (χ2n) is 4.52. The first-order chi connectivity index (χ1) is 10.0. The topological polar surface area (TPSA) is 76.3 Å². The van der Waals surface area contributed by atoms with Crippen LogP contribution in [0.5, 0.6) is 0 Å². The van der Waals surface area contributed by atoms with E-state index in [4.69, 9.17) is 5.73 Å². The van der Waals surface area contributed by atoms with Gasteiger partial charge in [0, 0.05) is 23.9 Å². The van der Waals surface area contributed by atoms with E-state index in [-0.39, 0.29) is 5.91 Å². The van der Waals surface area contributed by atoms with Gasteiger partial charge in [0.25, 0.3) is 5.91 Å². The third-order valence-electron chi connectivity index (χ3n) is 3.05. The average Bonchev–Trinajstić information content (AvgIpc) is 2.47. The van der Waals surface area contributed by atoms with Gasteiger partial charge in [0.1, 0.15) is 6.04 Å². The van der Waals surface area contributed by atoms with Crippen molar-refractivity contribution in [1.82, 2.24) is 9.88 Å². The molecule has 1 aromatic heterocycles. The number of aromatic nitrogens is 1. The molecule has 2 N–H and O–H groups in total. The molecule has 21 heavy (non-hydrogen) atoms. The molecular weight excluding hydrogens is 334 g/mol. The molecule has 0 aliphatic rings. The maximum Gasteiger partial charge on any atom is 0.256 e. The van der Waals surface area contributed by atoms with Crippen molar-refractivity contribution in [3.63, 3.8) is 0 Å². The second-order valence-corrected chi connectivity index (χ2v) is 5.43. The highest BCUT2D eigenvalue weighted by atomic mass is 79.9. The van der Waals surface area contributed by atoms with E-state index in [1.165, 1.54) is 11.1 Å². The molecule has 0 aliphatic heterocycles. The lowest BCUT2D eigenvalue weighted by molar-refractivity contribution is -0.122. The summed E-state index contributed by atoms with van der Waals surface area (Å²) in [6.07, 6.45) is 3.04. The Labute approximate surface area is 130 Å². The van der Waals surface area contributed by atoms with Gasteiger partial charge in [-0.1, -0.05) is 28.1 Å². The number of rotatable bonds is 4. The molecule has 0 bridgehead atoms. The summed E-state index contributed by atoms with van der Waals surface area (Å²) >= 11 is 3.35. The summed E-state index contributed by atoms with van der Waals surface area (Å²) in [6, 6.07) is 9.62. The van der Waals surface area contributed by atoms with Crippen LogP contribution in [0.2, 0.25) is 0 Å². The van der Waals surface area contributed by atoms with Crippen LogP contribution in [0.3, 0.4) is 0 Å². The quantitative estimate of drug-likeness (QED) is 0.920. The van der Waals surface area contributed by atoms with Crippen LogP contribution >= 0.6 is 15.9 Å². The second kappa shape index (κ2) is 6.49. The molecule has 0 saturated heterocycles. The Kier molecular flexibility index (Phi) is 4.70. The summed E-state index contributed by atoms with van der Waals surface area (Å²) in [6.45, 7) is 0. The zero-order valence-corrected chi connectivity index (χ0v) is 12.9. The van der Waals surface area contributed by atoms with E-state index in [2.05, 4.69) is 20.9 Å². The molecule has 0 radical (unpaired) electrons. The van der Waals surface area contributed by atoms with Crippen LogP contribution in [0, 0.1) is 0 Å². The van der Waals surface area contributed by atoms with Crippen LogP contribution in [-0.2, 0) is 4.79 Å². The lowest BCUT2D eigenvalue weighted by Crippen LogP contribution is -2.39. The van der Waals surface area contributed by atoms with Gasteiger partial charge in [-0.3, -0.25) is 14.6 Å². The highest BCUT2D eigenvalue weighted by Gasteiger charge is 2.27. The van der Waals surface area contributed by atoms with E-state index in [0.717, 1.165) is 4.47 Å². The average molecular weight is 348 g/mol. The van der Waals surface area contributed by atoms with Gasteiger partial charge in [-0.15, -0.1) is 0 Å². The molecule has 1 unspecified atom stereocenters. The van der Waals surface area contributed by atoms with Crippen molar-refractivity contribution in [1.29, 1.82) is 0 Å². The number of pyridine rings is 1. The van der Waals surface area contributed by atoms with Crippen molar-refractivity contribution in [2.45, 2.75) is 6.04 Å². The van der Waals surface area contributed by atoms with E-state index in [9.17, 15) is 9.59 Å². The highest BCUT2D eigenvalue weighted by Crippen LogP contribution is 2.23. The molecule has 1 heterocycles. The van der Waals surface area contributed by atoms with E-state index in [1.54, 1.807) is 43.6 Å². The summed E-state index contributed by atoms with van der Waals surface area (Å²) in [5, 5.41) is 0. The minimum atomic E-state index is -0.838. The predicted molar refractivity (Wildman–Crippen MR) is 82.4 cm³/mol. The van der Waals surface area contributed by atoms with Gasteiger partial charge in [-0.25, -0.2) is 0 Å². The van der Waals surface area contributed by atoms with Gasteiger partial charge in [-0.2, -0.15) is 0 Å². The number of amides is 2. The monoisotopic (exact) mass is 347 g/mol. The smallest absolute Gasteiger partial charge is 0.256 e. The maximum absolute atomic E-state index is 12.4. The SMILES string of the molecule is CN(C(=O)c1cccnc1)C(C(N)=O)c1cccc(Br)c1. The van der Waals surface area contributed by atoms with Crippen molar-refractivity contribution in [2.75, 3.05) is 7.05 Å². The number of carbonyl (C=O) groups excluding carboxylic acids is 2. The third kappa shape index (κ3) is 3.46. The first kappa shape index (κ1) is 15.2. The minimum absolute atomic E-state index is 0.313.